The van der Waals surface area contributed by atoms with Gasteiger partial charge in [-0.05, 0) is 13.3 Å². The van der Waals surface area contributed by atoms with Crippen molar-refractivity contribution in [1.82, 2.24) is 0 Å². The molecule has 0 aliphatic heterocycles. The van der Waals surface area contributed by atoms with E-state index in [4.69, 9.17) is 5.89 Å². The molecule has 1 N–H and O–H groups in total. The van der Waals surface area contributed by atoms with E-state index in [-0.39, 0.29) is 19.9 Å². The van der Waals surface area contributed by atoms with Gasteiger partial charge in [0.25, 0.3) is 0 Å². The predicted octanol–water partition coefficient (Wildman–Crippen LogP) is 1.28. The SMILES string of the molecule is [2H]CC/C=C/C(C=O)C(O)(CCOP)C(C)=O. The van der Waals surface area contributed by atoms with E-state index >= 15 is 0 Å². The van der Waals surface area contributed by atoms with Gasteiger partial charge in [-0.25, -0.2) is 0 Å². The molecule has 0 aromatic carbocycles. The number of hydrogen-bond acceptors (Lipinski definition) is 4. The van der Waals surface area contributed by atoms with Crippen molar-refractivity contribution in [3.63, 3.8) is 0 Å². The van der Waals surface area contributed by atoms with Crippen LogP contribution < -0.4 is 0 Å². The lowest BCUT2D eigenvalue weighted by Gasteiger charge is -2.28. The van der Waals surface area contributed by atoms with E-state index in [1.54, 1.807) is 6.08 Å². The molecule has 5 heteroatoms. The Balaban J connectivity index is 4.85. The Morgan fingerprint density at radius 1 is 1.75 bits per heavy atom. The van der Waals surface area contributed by atoms with E-state index in [0.29, 0.717) is 12.7 Å². The van der Waals surface area contributed by atoms with Crippen LogP contribution in [0.4, 0.5) is 0 Å². The van der Waals surface area contributed by atoms with Crippen LogP contribution in [0.5, 0.6) is 0 Å². The molecule has 0 radical (unpaired) electrons. The second kappa shape index (κ2) is 7.66. The van der Waals surface area contributed by atoms with Gasteiger partial charge in [-0.15, -0.1) is 0 Å². The van der Waals surface area contributed by atoms with Crippen LogP contribution in [0, 0.1) is 5.92 Å². The Labute approximate surface area is 99.8 Å². The van der Waals surface area contributed by atoms with Crippen LogP contribution in [0.2, 0.25) is 0 Å². The standard InChI is InChI=1S/C11H19O4P/c1-3-4-5-10(8-12)11(14,9(2)13)6-7-15-16/h4-5,8,10,14H,3,6-7,16H2,1-2H3/b5-4+/i1D. The molecule has 0 rings (SSSR count). The van der Waals surface area contributed by atoms with Crippen molar-refractivity contribution >= 4 is 21.5 Å². The summed E-state index contributed by atoms with van der Waals surface area (Å²) in [5.41, 5.74) is -1.73. The molecule has 4 nitrogen and oxygen atoms in total. The van der Waals surface area contributed by atoms with Crippen LogP contribution in [0.25, 0.3) is 0 Å². The van der Waals surface area contributed by atoms with Gasteiger partial charge in [-0.3, -0.25) is 4.79 Å². The Kier molecular flexibility index (Phi) is 6.46. The van der Waals surface area contributed by atoms with Crippen LogP contribution in [0.1, 0.15) is 28.0 Å². The summed E-state index contributed by atoms with van der Waals surface area (Å²) in [6.45, 7) is 1.62. The Morgan fingerprint density at radius 3 is 2.88 bits per heavy atom. The molecular formula is C11H19O4P. The topological polar surface area (TPSA) is 63.6 Å². The molecule has 3 atom stereocenters. The lowest BCUT2D eigenvalue weighted by atomic mass is 9.82. The Bertz CT molecular complexity index is 283. The van der Waals surface area contributed by atoms with Gasteiger partial charge in [0.15, 0.2) is 5.78 Å². The van der Waals surface area contributed by atoms with Gasteiger partial charge in [0.1, 0.15) is 11.9 Å². The molecular weight excluding hydrogens is 227 g/mol. The highest BCUT2D eigenvalue weighted by molar-refractivity contribution is 7.09. The number of Topliss-reactive ketones (excluding diaryl/α,β-unsaturated/α-hetero) is 1. The largest absolute Gasteiger partial charge is 0.381 e. The van der Waals surface area contributed by atoms with E-state index in [2.05, 4.69) is 0 Å². The lowest BCUT2D eigenvalue weighted by Crippen LogP contribution is -2.45. The molecule has 0 aromatic heterocycles. The molecule has 0 saturated carbocycles. The van der Waals surface area contributed by atoms with Gasteiger partial charge in [0, 0.05) is 17.3 Å². The number of aliphatic hydroxyl groups is 1. The van der Waals surface area contributed by atoms with Crippen LogP contribution >= 0.6 is 9.47 Å². The molecule has 0 aromatic rings. The maximum Gasteiger partial charge on any atom is 0.162 e. The fourth-order valence-electron chi connectivity index (χ4n) is 1.35. The minimum atomic E-state index is -1.73. The van der Waals surface area contributed by atoms with Crippen molar-refractivity contribution in [2.24, 2.45) is 5.92 Å². The first-order chi connectivity index (χ1) is 8.02. The van der Waals surface area contributed by atoms with Crippen molar-refractivity contribution in [3.8, 4) is 0 Å². The maximum absolute atomic E-state index is 11.5. The first-order valence-corrected chi connectivity index (χ1v) is 5.46. The summed E-state index contributed by atoms with van der Waals surface area (Å²) in [6, 6.07) is 0. The molecule has 92 valence electrons. The van der Waals surface area contributed by atoms with Gasteiger partial charge in [0.05, 0.1) is 12.5 Å². The number of carbonyl (C=O) groups is 2. The quantitative estimate of drug-likeness (QED) is 0.399. The second-order valence-electron chi connectivity index (χ2n) is 3.48. The number of hydrogen-bond donors (Lipinski definition) is 1. The third-order valence-corrected chi connectivity index (χ3v) is 2.65. The molecule has 0 spiro atoms. The third kappa shape index (κ3) is 4.12. The fraction of sp³-hybridized carbons (Fsp3) is 0.636. The van der Waals surface area contributed by atoms with Gasteiger partial charge < -0.3 is 14.4 Å². The maximum atomic E-state index is 11.5. The summed E-state index contributed by atoms with van der Waals surface area (Å²) in [4.78, 5) is 22.4. The molecule has 0 amide bonds. The average Bonchev–Trinajstić information content (AvgIpc) is 2.31. The van der Waals surface area contributed by atoms with Crippen molar-refractivity contribution in [2.75, 3.05) is 6.61 Å². The summed E-state index contributed by atoms with van der Waals surface area (Å²) in [5, 5.41) is 10.2. The van der Waals surface area contributed by atoms with E-state index in [1.807, 2.05) is 9.47 Å². The van der Waals surface area contributed by atoms with Crippen LogP contribution in [-0.2, 0) is 14.1 Å². The van der Waals surface area contributed by atoms with Gasteiger partial charge in [-0.1, -0.05) is 19.1 Å². The summed E-state index contributed by atoms with van der Waals surface area (Å²) in [5.74, 6) is -1.36. The highest BCUT2D eigenvalue weighted by Gasteiger charge is 2.39. The molecule has 3 unspecified atom stereocenters. The molecule has 0 heterocycles. The van der Waals surface area contributed by atoms with Crippen LogP contribution in [-0.4, -0.2) is 29.4 Å². The summed E-state index contributed by atoms with van der Waals surface area (Å²) in [6.07, 6.45) is 4.19. The van der Waals surface area contributed by atoms with Crippen molar-refractivity contribution in [1.29, 1.82) is 0 Å². The highest BCUT2D eigenvalue weighted by Crippen LogP contribution is 2.23. The molecule has 0 saturated heterocycles. The number of aldehydes is 1. The molecule has 0 bridgehead atoms. The van der Waals surface area contributed by atoms with E-state index in [1.165, 1.54) is 13.0 Å². The zero-order chi connectivity index (χ0) is 13.3. The molecule has 0 aliphatic carbocycles. The van der Waals surface area contributed by atoms with Crippen molar-refractivity contribution in [3.05, 3.63) is 12.2 Å². The predicted molar refractivity (Wildman–Crippen MR) is 64.9 cm³/mol. The summed E-state index contributed by atoms with van der Waals surface area (Å²) >= 11 is 0. The van der Waals surface area contributed by atoms with Gasteiger partial charge in [0.2, 0.25) is 0 Å². The monoisotopic (exact) mass is 247 g/mol. The van der Waals surface area contributed by atoms with Gasteiger partial charge in [-0.2, -0.15) is 0 Å². The minimum absolute atomic E-state index is 0.0560. The highest BCUT2D eigenvalue weighted by atomic mass is 31.0. The Morgan fingerprint density at radius 2 is 2.44 bits per heavy atom. The Hall–Kier alpha value is -0.570. The first-order valence-electron chi connectivity index (χ1n) is 5.70. The number of allylic oxidation sites excluding steroid dienone is 1. The number of ketones is 1. The van der Waals surface area contributed by atoms with E-state index in [9.17, 15) is 14.7 Å². The van der Waals surface area contributed by atoms with E-state index < -0.39 is 17.3 Å². The van der Waals surface area contributed by atoms with Crippen molar-refractivity contribution in [2.45, 2.75) is 32.3 Å². The smallest absolute Gasteiger partial charge is 0.162 e. The zero-order valence-electron chi connectivity index (χ0n) is 10.4. The first kappa shape index (κ1) is 13.5. The van der Waals surface area contributed by atoms with Crippen molar-refractivity contribution < 1.29 is 20.6 Å². The van der Waals surface area contributed by atoms with Crippen LogP contribution in [0.15, 0.2) is 12.2 Å². The lowest BCUT2D eigenvalue weighted by molar-refractivity contribution is -0.144. The third-order valence-electron chi connectivity index (χ3n) is 2.42. The average molecular weight is 247 g/mol. The van der Waals surface area contributed by atoms with Gasteiger partial charge >= 0.3 is 0 Å². The number of carbonyl (C=O) groups excluding carboxylic acids is 2. The molecule has 0 aliphatic rings. The number of rotatable bonds is 8. The normalized spacial score (nSPS) is 17.8. The van der Waals surface area contributed by atoms with Crippen LogP contribution in [0.3, 0.4) is 0 Å². The fourth-order valence-corrected chi connectivity index (χ4v) is 1.47. The summed E-state index contributed by atoms with van der Waals surface area (Å²) in [7, 11) is 2.03. The zero-order valence-corrected chi connectivity index (χ0v) is 10.5. The van der Waals surface area contributed by atoms with E-state index in [0.717, 1.165) is 0 Å². The molecule has 0 fully saturated rings. The second-order valence-corrected chi connectivity index (χ2v) is 3.81. The minimum Gasteiger partial charge on any atom is -0.381 e. The summed E-state index contributed by atoms with van der Waals surface area (Å²) < 4.78 is 11.7. The molecule has 16 heavy (non-hydrogen) atoms.